The second-order valence-corrected chi connectivity index (χ2v) is 12.0. The number of benzene rings is 1. The van der Waals surface area contributed by atoms with Crippen LogP contribution in [0, 0.1) is 0 Å². The maximum atomic E-state index is 13.1. The number of halogens is 3. The van der Waals surface area contributed by atoms with Gasteiger partial charge in [-0.05, 0) is 62.8 Å². The first-order chi connectivity index (χ1) is 20.7. The summed E-state index contributed by atoms with van der Waals surface area (Å²) < 4.78 is 55.8. The fourth-order valence-electron chi connectivity index (χ4n) is 6.18. The van der Waals surface area contributed by atoms with Gasteiger partial charge in [-0.3, -0.25) is 0 Å². The minimum absolute atomic E-state index is 0.0132. The van der Waals surface area contributed by atoms with E-state index in [1.807, 2.05) is 5.38 Å². The van der Waals surface area contributed by atoms with E-state index in [1.54, 1.807) is 29.5 Å². The zero-order chi connectivity index (χ0) is 29.7. The monoisotopic (exact) mass is 612 g/mol. The summed E-state index contributed by atoms with van der Waals surface area (Å²) in [5.74, 6) is -0.521. The number of aromatic carboxylic acids is 1. The number of ether oxygens (including phenoxy) is 2. The first-order valence-corrected chi connectivity index (χ1v) is 15.0. The van der Waals surface area contributed by atoms with Gasteiger partial charge in [0, 0.05) is 46.3 Å². The van der Waals surface area contributed by atoms with E-state index >= 15 is 0 Å². The highest BCUT2D eigenvalue weighted by Crippen LogP contribution is 2.47. The van der Waals surface area contributed by atoms with E-state index in [1.165, 1.54) is 24.4 Å². The summed E-state index contributed by atoms with van der Waals surface area (Å²) in [4.78, 5) is 22.4. The first kappa shape index (κ1) is 27.8. The van der Waals surface area contributed by atoms with Crippen LogP contribution in [0.15, 0.2) is 52.5 Å². The number of nitrogens with zero attached hydrogens (tertiary/aromatic N) is 4. The predicted molar refractivity (Wildman–Crippen MR) is 150 cm³/mol. The van der Waals surface area contributed by atoms with Crippen molar-refractivity contribution in [2.75, 3.05) is 4.90 Å². The normalized spacial score (nSPS) is 21.7. The largest absolute Gasteiger partial charge is 0.573 e. The van der Waals surface area contributed by atoms with Gasteiger partial charge in [0.2, 0.25) is 0 Å². The standard InChI is InChI=1S/C30H27F3N4O5S/c31-30(32,33)41-25-4-2-1-3-21(25)26-22(27(42-36-26)16-5-6-16)14-40-20-11-18-8-9-19(12-20)37(18)29-35-24(15-43-29)17-7-10-23(28(38)39)34-13-17/h1-4,7,10,13,15-16,18-20H,5-6,8-9,11-12,14H2,(H,38,39)/t18-,19+,20-. The van der Waals surface area contributed by atoms with Crippen LogP contribution >= 0.6 is 11.3 Å². The number of aromatic nitrogens is 3. The third-order valence-corrected chi connectivity index (χ3v) is 9.13. The number of para-hydroxylation sites is 1. The molecule has 5 heterocycles. The SMILES string of the molecule is O=C(O)c1ccc(-c2csc(N3[C@@H]4CC[C@H]3C[C@H](OCc3c(-c5ccccc5OC(F)(F)F)noc3C3CC3)C4)n2)cn1. The number of anilines is 1. The van der Waals surface area contributed by atoms with Crippen LogP contribution in [0.1, 0.15) is 66.3 Å². The summed E-state index contributed by atoms with van der Waals surface area (Å²) >= 11 is 1.56. The van der Waals surface area contributed by atoms with Gasteiger partial charge in [-0.1, -0.05) is 17.3 Å². The highest BCUT2D eigenvalue weighted by molar-refractivity contribution is 7.14. The van der Waals surface area contributed by atoms with Crippen molar-refractivity contribution in [1.29, 1.82) is 0 Å². The predicted octanol–water partition coefficient (Wildman–Crippen LogP) is 7.05. The van der Waals surface area contributed by atoms with Crippen LogP contribution in [0.3, 0.4) is 0 Å². The Morgan fingerprint density at radius 3 is 2.53 bits per heavy atom. The number of hydrogen-bond acceptors (Lipinski definition) is 9. The Morgan fingerprint density at radius 1 is 1.09 bits per heavy atom. The van der Waals surface area contributed by atoms with Crippen LogP contribution in [0.4, 0.5) is 18.3 Å². The quantitative estimate of drug-likeness (QED) is 0.213. The van der Waals surface area contributed by atoms with E-state index in [-0.39, 0.29) is 47.7 Å². The van der Waals surface area contributed by atoms with Crippen molar-refractivity contribution in [3.05, 3.63) is 65.0 Å². The molecule has 2 aliphatic heterocycles. The maximum absolute atomic E-state index is 13.1. The molecular formula is C30H27F3N4O5S. The van der Waals surface area contributed by atoms with Crippen molar-refractivity contribution in [3.8, 4) is 28.3 Å². The van der Waals surface area contributed by atoms with Gasteiger partial charge in [0.25, 0.3) is 0 Å². The van der Waals surface area contributed by atoms with Crippen molar-refractivity contribution < 1.29 is 37.1 Å². The Bertz CT molecular complexity index is 1620. The molecule has 0 unspecified atom stereocenters. The molecule has 13 heteroatoms. The second-order valence-electron chi connectivity index (χ2n) is 11.1. The number of hydrogen-bond donors (Lipinski definition) is 1. The zero-order valence-corrected chi connectivity index (χ0v) is 23.6. The molecule has 3 aromatic heterocycles. The topological polar surface area (TPSA) is 111 Å². The molecule has 1 aliphatic carbocycles. The van der Waals surface area contributed by atoms with Crippen molar-refractivity contribution in [3.63, 3.8) is 0 Å². The van der Waals surface area contributed by atoms with Crippen LogP contribution in [0.2, 0.25) is 0 Å². The van der Waals surface area contributed by atoms with E-state index in [0.717, 1.165) is 54.9 Å². The second kappa shape index (κ2) is 10.9. The van der Waals surface area contributed by atoms with Crippen molar-refractivity contribution in [1.82, 2.24) is 15.1 Å². The summed E-state index contributed by atoms with van der Waals surface area (Å²) in [5, 5.41) is 16.2. The van der Waals surface area contributed by atoms with Gasteiger partial charge in [0.05, 0.1) is 18.4 Å². The lowest BCUT2D eigenvalue weighted by atomic mass is 10.00. The van der Waals surface area contributed by atoms with Gasteiger partial charge in [0.1, 0.15) is 22.9 Å². The molecule has 9 nitrogen and oxygen atoms in total. The van der Waals surface area contributed by atoms with Gasteiger partial charge in [-0.25, -0.2) is 14.8 Å². The minimum atomic E-state index is -4.83. The molecular weight excluding hydrogens is 585 g/mol. The number of carbonyl (C=O) groups is 1. The number of thiazole rings is 1. The fraction of sp³-hybridized carbons (Fsp3) is 0.400. The van der Waals surface area contributed by atoms with Gasteiger partial charge < -0.3 is 24.0 Å². The molecule has 1 N–H and O–H groups in total. The van der Waals surface area contributed by atoms with E-state index in [2.05, 4.69) is 19.8 Å². The van der Waals surface area contributed by atoms with Gasteiger partial charge in [-0.15, -0.1) is 24.5 Å². The third-order valence-electron chi connectivity index (χ3n) is 8.28. The lowest BCUT2D eigenvalue weighted by molar-refractivity contribution is -0.274. The maximum Gasteiger partial charge on any atom is 0.573 e. The average Bonchev–Trinajstić information content (AvgIpc) is 3.44. The molecule has 0 radical (unpaired) electrons. The van der Waals surface area contributed by atoms with Crippen LogP contribution in [0.5, 0.6) is 5.75 Å². The number of alkyl halides is 3. The number of pyridine rings is 1. The summed E-state index contributed by atoms with van der Waals surface area (Å²) in [5.41, 5.74) is 2.73. The highest BCUT2D eigenvalue weighted by Gasteiger charge is 2.43. The van der Waals surface area contributed by atoms with Gasteiger partial charge in [-0.2, -0.15) is 0 Å². The Hall–Kier alpha value is -3.97. The molecule has 1 saturated carbocycles. The number of fused-ring (bicyclic) bond motifs is 2. The molecule has 3 aliphatic rings. The van der Waals surface area contributed by atoms with Crippen LogP contribution in [0.25, 0.3) is 22.5 Å². The van der Waals surface area contributed by atoms with E-state index in [4.69, 9.17) is 19.4 Å². The summed E-state index contributed by atoms with van der Waals surface area (Å²) in [6.07, 6.45) is 2.19. The third kappa shape index (κ3) is 5.70. The number of carboxylic acid groups (broad SMARTS) is 1. The average molecular weight is 613 g/mol. The van der Waals surface area contributed by atoms with Gasteiger partial charge in [0.15, 0.2) is 5.13 Å². The van der Waals surface area contributed by atoms with Gasteiger partial charge >= 0.3 is 12.3 Å². The van der Waals surface area contributed by atoms with Crippen molar-refractivity contribution in [2.45, 2.75) is 75.6 Å². The Kier molecular flexibility index (Phi) is 7.08. The molecule has 1 aromatic carbocycles. The number of piperidine rings is 1. The number of rotatable bonds is 9. The molecule has 3 atom stereocenters. The molecule has 224 valence electrons. The van der Waals surface area contributed by atoms with Crippen LogP contribution in [-0.2, 0) is 11.3 Å². The highest BCUT2D eigenvalue weighted by atomic mass is 32.1. The Labute approximate surface area is 248 Å². The molecule has 7 rings (SSSR count). The molecule has 3 fully saturated rings. The molecule has 43 heavy (non-hydrogen) atoms. The first-order valence-electron chi connectivity index (χ1n) is 14.1. The van der Waals surface area contributed by atoms with Crippen LogP contribution in [-0.4, -0.2) is 50.8 Å². The van der Waals surface area contributed by atoms with E-state index < -0.39 is 12.3 Å². The summed E-state index contributed by atoms with van der Waals surface area (Å²) in [6, 6.07) is 9.65. The van der Waals surface area contributed by atoms with E-state index in [0.29, 0.717) is 17.0 Å². The van der Waals surface area contributed by atoms with E-state index in [9.17, 15) is 18.0 Å². The smallest absolute Gasteiger partial charge is 0.477 e. The molecule has 2 saturated heterocycles. The minimum Gasteiger partial charge on any atom is -0.477 e. The lowest BCUT2D eigenvalue weighted by Crippen LogP contribution is -2.45. The summed E-state index contributed by atoms with van der Waals surface area (Å²) in [6.45, 7) is 0.190. The Balaban J connectivity index is 1.06. The lowest BCUT2D eigenvalue weighted by Gasteiger charge is -2.38. The summed E-state index contributed by atoms with van der Waals surface area (Å²) in [7, 11) is 0. The fourth-order valence-corrected chi connectivity index (χ4v) is 7.16. The molecule has 0 spiro atoms. The molecule has 0 amide bonds. The Morgan fingerprint density at radius 2 is 1.86 bits per heavy atom. The molecule has 4 aromatic rings. The van der Waals surface area contributed by atoms with Crippen molar-refractivity contribution in [2.24, 2.45) is 0 Å². The molecule has 2 bridgehead atoms. The zero-order valence-electron chi connectivity index (χ0n) is 22.8. The van der Waals surface area contributed by atoms with Crippen molar-refractivity contribution >= 4 is 22.4 Å². The van der Waals surface area contributed by atoms with Crippen LogP contribution < -0.4 is 9.64 Å². The number of carboxylic acids is 1.